The predicted octanol–water partition coefficient (Wildman–Crippen LogP) is 0.573. The molecule has 5 heteroatoms. The number of aromatic nitrogens is 1. The maximum atomic E-state index is 11.1. The second kappa shape index (κ2) is 4.94. The first kappa shape index (κ1) is 10.9. The summed E-state index contributed by atoms with van der Waals surface area (Å²) in [7, 11) is 0. The van der Waals surface area contributed by atoms with E-state index in [1.165, 1.54) is 0 Å². The van der Waals surface area contributed by atoms with E-state index in [0.29, 0.717) is 6.54 Å². The molecule has 1 amide bonds. The van der Waals surface area contributed by atoms with E-state index in [4.69, 9.17) is 10.6 Å². The van der Waals surface area contributed by atoms with Crippen molar-refractivity contribution in [3.05, 3.63) is 24.5 Å². The van der Waals surface area contributed by atoms with E-state index in [2.05, 4.69) is 4.98 Å². The average molecular weight is 221 g/mol. The molecule has 0 aromatic carbocycles. The molecule has 5 nitrogen and oxygen atoms in total. The van der Waals surface area contributed by atoms with E-state index in [1.54, 1.807) is 29.6 Å². The van der Waals surface area contributed by atoms with Crippen LogP contribution in [0.2, 0.25) is 0 Å². The molecule has 2 rings (SSSR count). The highest BCUT2D eigenvalue weighted by atomic mass is 16.7. The first-order chi connectivity index (χ1) is 7.75. The van der Waals surface area contributed by atoms with Crippen molar-refractivity contribution in [2.75, 3.05) is 13.1 Å². The SMILES string of the molecule is NC(=O)C1CCCN(Oc2ccncc2)C1. The number of pyridine rings is 1. The van der Waals surface area contributed by atoms with Gasteiger partial charge in [0.05, 0.1) is 5.92 Å². The zero-order chi connectivity index (χ0) is 11.4. The molecule has 1 atom stereocenters. The highest BCUT2D eigenvalue weighted by molar-refractivity contribution is 5.76. The molecule has 1 saturated heterocycles. The summed E-state index contributed by atoms with van der Waals surface area (Å²) >= 11 is 0. The van der Waals surface area contributed by atoms with Crippen LogP contribution in [0, 0.1) is 5.92 Å². The quantitative estimate of drug-likeness (QED) is 0.810. The molecular formula is C11H15N3O2. The van der Waals surface area contributed by atoms with Crippen molar-refractivity contribution in [1.82, 2.24) is 10.0 Å². The number of primary amides is 1. The molecular weight excluding hydrogens is 206 g/mol. The van der Waals surface area contributed by atoms with Crippen LogP contribution in [-0.2, 0) is 4.79 Å². The lowest BCUT2D eigenvalue weighted by molar-refractivity contribution is -0.132. The van der Waals surface area contributed by atoms with Crippen LogP contribution < -0.4 is 10.6 Å². The van der Waals surface area contributed by atoms with E-state index < -0.39 is 0 Å². The van der Waals surface area contributed by atoms with Gasteiger partial charge in [0, 0.05) is 37.6 Å². The Morgan fingerprint density at radius 2 is 2.25 bits per heavy atom. The first-order valence-electron chi connectivity index (χ1n) is 5.38. The molecule has 0 saturated carbocycles. The van der Waals surface area contributed by atoms with Crippen molar-refractivity contribution in [2.45, 2.75) is 12.8 Å². The minimum atomic E-state index is -0.247. The predicted molar refractivity (Wildman–Crippen MR) is 58.4 cm³/mol. The van der Waals surface area contributed by atoms with E-state index >= 15 is 0 Å². The van der Waals surface area contributed by atoms with Crippen LogP contribution >= 0.6 is 0 Å². The molecule has 1 aliphatic rings. The number of carbonyl (C=O) groups excluding carboxylic acids is 1. The Morgan fingerprint density at radius 3 is 2.94 bits per heavy atom. The molecule has 16 heavy (non-hydrogen) atoms. The molecule has 0 aliphatic carbocycles. The summed E-state index contributed by atoms with van der Waals surface area (Å²) in [6.45, 7) is 1.39. The number of hydrogen-bond acceptors (Lipinski definition) is 4. The van der Waals surface area contributed by atoms with Crippen LogP contribution in [0.5, 0.6) is 5.75 Å². The van der Waals surface area contributed by atoms with Gasteiger partial charge in [-0.05, 0) is 12.8 Å². The molecule has 2 heterocycles. The van der Waals surface area contributed by atoms with E-state index in [1.807, 2.05) is 0 Å². The van der Waals surface area contributed by atoms with Crippen LogP contribution in [0.3, 0.4) is 0 Å². The summed E-state index contributed by atoms with van der Waals surface area (Å²) in [6.07, 6.45) is 5.12. The van der Waals surface area contributed by atoms with Gasteiger partial charge in [-0.15, -0.1) is 5.06 Å². The summed E-state index contributed by atoms with van der Waals surface area (Å²) in [6, 6.07) is 3.57. The van der Waals surface area contributed by atoms with Crippen LogP contribution in [-0.4, -0.2) is 29.0 Å². The van der Waals surface area contributed by atoms with Crippen molar-refractivity contribution >= 4 is 5.91 Å². The zero-order valence-electron chi connectivity index (χ0n) is 9.00. The van der Waals surface area contributed by atoms with Crippen molar-refractivity contribution < 1.29 is 9.63 Å². The molecule has 0 spiro atoms. The van der Waals surface area contributed by atoms with Crippen molar-refractivity contribution in [3.63, 3.8) is 0 Å². The van der Waals surface area contributed by atoms with Crippen molar-refractivity contribution in [2.24, 2.45) is 11.7 Å². The van der Waals surface area contributed by atoms with Gasteiger partial charge in [-0.1, -0.05) is 0 Å². The fraction of sp³-hybridized carbons (Fsp3) is 0.455. The fourth-order valence-electron chi connectivity index (χ4n) is 1.81. The molecule has 1 aliphatic heterocycles. The molecule has 1 aromatic heterocycles. The van der Waals surface area contributed by atoms with Crippen LogP contribution in [0.15, 0.2) is 24.5 Å². The molecule has 86 valence electrons. The molecule has 1 unspecified atom stereocenters. The Kier molecular flexibility index (Phi) is 3.36. The van der Waals surface area contributed by atoms with Gasteiger partial charge in [-0.25, -0.2) is 0 Å². The van der Waals surface area contributed by atoms with Crippen molar-refractivity contribution in [1.29, 1.82) is 0 Å². The lowest BCUT2D eigenvalue weighted by Gasteiger charge is -2.30. The summed E-state index contributed by atoms with van der Waals surface area (Å²) in [4.78, 5) is 20.6. The second-order valence-electron chi connectivity index (χ2n) is 3.90. The molecule has 0 radical (unpaired) electrons. The van der Waals surface area contributed by atoms with E-state index in [0.717, 1.165) is 25.1 Å². The third-order valence-corrected chi connectivity index (χ3v) is 2.67. The highest BCUT2D eigenvalue weighted by Gasteiger charge is 2.25. The number of amides is 1. The molecule has 0 bridgehead atoms. The van der Waals surface area contributed by atoms with Gasteiger partial charge in [-0.2, -0.15) is 0 Å². The van der Waals surface area contributed by atoms with E-state index in [-0.39, 0.29) is 11.8 Å². The Hall–Kier alpha value is -1.62. The lowest BCUT2D eigenvalue weighted by atomic mass is 9.99. The molecule has 1 aromatic rings. The first-order valence-corrected chi connectivity index (χ1v) is 5.38. The monoisotopic (exact) mass is 221 g/mol. The van der Waals surface area contributed by atoms with Gasteiger partial charge in [-0.3, -0.25) is 9.78 Å². The molecule has 1 fully saturated rings. The lowest BCUT2D eigenvalue weighted by Crippen LogP contribution is -2.42. The number of rotatable bonds is 3. The summed E-state index contributed by atoms with van der Waals surface area (Å²) in [5.74, 6) is 0.388. The number of carbonyl (C=O) groups is 1. The number of hydrogen-bond donors (Lipinski definition) is 1. The fourth-order valence-corrected chi connectivity index (χ4v) is 1.81. The number of nitrogens with two attached hydrogens (primary N) is 1. The Balaban J connectivity index is 1.93. The maximum absolute atomic E-state index is 11.1. The minimum absolute atomic E-state index is 0.101. The largest absolute Gasteiger partial charge is 0.406 e. The smallest absolute Gasteiger partial charge is 0.221 e. The van der Waals surface area contributed by atoms with Crippen LogP contribution in [0.25, 0.3) is 0 Å². The normalized spacial score (nSPS) is 21.6. The van der Waals surface area contributed by atoms with Crippen LogP contribution in [0.4, 0.5) is 0 Å². The van der Waals surface area contributed by atoms with Crippen LogP contribution in [0.1, 0.15) is 12.8 Å². The maximum Gasteiger partial charge on any atom is 0.221 e. The second-order valence-corrected chi connectivity index (χ2v) is 3.90. The number of piperidine rings is 1. The number of hydroxylamine groups is 2. The highest BCUT2D eigenvalue weighted by Crippen LogP contribution is 2.18. The summed E-state index contributed by atoms with van der Waals surface area (Å²) < 4.78 is 0. The zero-order valence-corrected chi connectivity index (χ0v) is 9.00. The summed E-state index contributed by atoms with van der Waals surface area (Å²) in [5, 5.41) is 1.79. The molecule has 2 N–H and O–H groups in total. The Labute approximate surface area is 94.2 Å². The third-order valence-electron chi connectivity index (χ3n) is 2.67. The van der Waals surface area contributed by atoms with Gasteiger partial charge in [0.15, 0.2) is 5.75 Å². The Morgan fingerprint density at radius 1 is 1.50 bits per heavy atom. The van der Waals surface area contributed by atoms with Gasteiger partial charge in [0.2, 0.25) is 5.91 Å². The van der Waals surface area contributed by atoms with Crippen molar-refractivity contribution in [3.8, 4) is 5.75 Å². The van der Waals surface area contributed by atoms with Gasteiger partial charge in [0.1, 0.15) is 0 Å². The average Bonchev–Trinajstić information content (AvgIpc) is 2.30. The topological polar surface area (TPSA) is 68.5 Å². The Bertz CT molecular complexity index is 356. The van der Waals surface area contributed by atoms with Gasteiger partial charge < -0.3 is 10.6 Å². The standard InChI is InChI=1S/C11H15N3O2/c12-11(15)9-2-1-7-14(8-9)16-10-3-5-13-6-4-10/h3-6,9H,1-2,7-8H2,(H2,12,15). The van der Waals surface area contributed by atoms with Gasteiger partial charge >= 0.3 is 0 Å². The minimum Gasteiger partial charge on any atom is -0.406 e. The summed E-state index contributed by atoms with van der Waals surface area (Å²) in [5.41, 5.74) is 5.29. The number of nitrogens with zero attached hydrogens (tertiary/aromatic N) is 2. The van der Waals surface area contributed by atoms with E-state index in [9.17, 15) is 4.79 Å². The third kappa shape index (κ3) is 2.70. The van der Waals surface area contributed by atoms with Gasteiger partial charge in [0.25, 0.3) is 0 Å².